The fourth-order valence-corrected chi connectivity index (χ4v) is 3.22. The van der Waals surface area contributed by atoms with Crippen LogP contribution in [0.3, 0.4) is 0 Å². The van der Waals surface area contributed by atoms with Crippen LogP contribution in [0.5, 0.6) is 5.75 Å². The van der Waals surface area contributed by atoms with Crippen molar-refractivity contribution in [2.24, 2.45) is 0 Å². The van der Waals surface area contributed by atoms with E-state index in [1.165, 1.54) is 11.8 Å². The highest BCUT2D eigenvalue weighted by Crippen LogP contribution is 2.22. The van der Waals surface area contributed by atoms with E-state index < -0.39 is 0 Å². The molecule has 0 saturated carbocycles. The summed E-state index contributed by atoms with van der Waals surface area (Å²) in [6.45, 7) is 4.54. The van der Waals surface area contributed by atoms with Crippen LogP contribution < -0.4 is 10.1 Å². The number of tetrazole rings is 1. The van der Waals surface area contributed by atoms with Gasteiger partial charge >= 0.3 is 0 Å². The number of carbonyl (C=O) groups is 1. The molecule has 1 heterocycles. The van der Waals surface area contributed by atoms with Crippen molar-refractivity contribution in [1.82, 2.24) is 25.5 Å². The Labute approximate surface area is 162 Å². The van der Waals surface area contributed by atoms with E-state index >= 15 is 0 Å². The van der Waals surface area contributed by atoms with E-state index in [9.17, 15) is 4.79 Å². The van der Waals surface area contributed by atoms with Gasteiger partial charge in [-0.15, -0.1) is 5.10 Å². The molecule has 0 spiro atoms. The Morgan fingerprint density at radius 2 is 1.96 bits per heavy atom. The molecule has 1 aromatic heterocycles. The summed E-state index contributed by atoms with van der Waals surface area (Å²) in [6.07, 6.45) is 0. The van der Waals surface area contributed by atoms with Crippen LogP contribution in [0.25, 0.3) is 5.69 Å². The number of methoxy groups -OCH3 is 1. The van der Waals surface area contributed by atoms with Gasteiger partial charge in [0.15, 0.2) is 0 Å². The van der Waals surface area contributed by atoms with Crippen molar-refractivity contribution in [3.8, 4) is 11.4 Å². The number of benzene rings is 2. The van der Waals surface area contributed by atoms with Gasteiger partial charge in [0.05, 0.1) is 18.6 Å². The second-order valence-electron chi connectivity index (χ2n) is 6.01. The van der Waals surface area contributed by atoms with E-state index in [2.05, 4.69) is 20.8 Å². The summed E-state index contributed by atoms with van der Waals surface area (Å²) in [4.78, 5) is 12.2. The lowest BCUT2D eigenvalue weighted by Crippen LogP contribution is -2.24. The number of carbonyl (C=O) groups excluding carboxylic acids is 1. The van der Waals surface area contributed by atoms with E-state index in [1.807, 2.05) is 56.3 Å². The molecule has 0 radical (unpaired) electrons. The van der Waals surface area contributed by atoms with Crippen LogP contribution in [-0.4, -0.2) is 39.0 Å². The number of amides is 1. The molecule has 8 heteroatoms. The highest BCUT2D eigenvalue weighted by molar-refractivity contribution is 7.99. The lowest BCUT2D eigenvalue weighted by molar-refractivity contribution is -0.118. The molecule has 0 aliphatic carbocycles. The number of nitrogens with one attached hydrogen (secondary N) is 1. The summed E-state index contributed by atoms with van der Waals surface area (Å²) >= 11 is 1.31. The third-order valence-corrected chi connectivity index (χ3v) is 5.15. The summed E-state index contributed by atoms with van der Waals surface area (Å²) in [7, 11) is 1.62. The molecule has 7 nitrogen and oxygen atoms in total. The predicted octanol–water partition coefficient (Wildman–Crippen LogP) is 2.70. The Balaban J connectivity index is 1.58. The van der Waals surface area contributed by atoms with Gasteiger partial charge in [-0.3, -0.25) is 4.79 Å². The van der Waals surface area contributed by atoms with Crippen molar-refractivity contribution in [3.63, 3.8) is 0 Å². The maximum Gasteiger partial charge on any atom is 0.230 e. The van der Waals surface area contributed by atoms with Gasteiger partial charge < -0.3 is 10.1 Å². The van der Waals surface area contributed by atoms with Gasteiger partial charge in [0.25, 0.3) is 0 Å². The number of rotatable bonds is 7. The molecule has 3 aromatic rings. The number of ether oxygens (including phenoxy) is 1. The molecule has 140 valence electrons. The van der Waals surface area contributed by atoms with E-state index in [-0.39, 0.29) is 11.7 Å². The molecule has 1 N–H and O–H groups in total. The molecule has 1 amide bonds. The van der Waals surface area contributed by atoms with Crippen LogP contribution in [-0.2, 0) is 11.3 Å². The van der Waals surface area contributed by atoms with Crippen molar-refractivity contribution in [2.75, 3.05) is 12.9 Å². The molecule has 27 heavy (non-hydrogen) atoms. The van der Waals surface area contributed by atoms with Crippen LogP contribution >= 0.6 is 11.8 Å². The van der Waals surface area contributed by atoms with Crippen LogP contribution in [0.1, 0.15) is 16.7 Å². The van der Waals surface area contributed by atoms with Crippen LogP contribution in [0, 0.1) is 13.8 Å². The molecule has 0 saturated heterocycles. The maximum absolute atomic E-state index is 12.2. The smallest absolute Gasteiger partial charge is 0.230 e. The molecule has 0 aliphatic rings. The first kappa shape index (κ1) is 18.9. The zero-order valence-corrected chi connectivity index (χ0v) is 16.3. The molecule has 0 unspecified atom stereocenters. The zero-order valence-electron chi connectivity index (χ0n) is 15.5. The molecule has 0 bridgehead atoms. The van der Waals surface area contributed by atoms with Crippen molar-refractivity contribution >= 4 is 17.7 Å². The zero-order chi connectivity index (χ0) is 19.2. The Kier molecular flexibility index (Phi) is 6.08. The van der Waals surface area contributed by atoms with E-state index in [4.69, 9.17) is 4.74 Å². The summed E-state index contributed by atoms with van der Waals surface area (Å²) in [6, 6.07) is 13.6. The molecule has 0 aliphatic heterocycles. The number of thioether (sulfide) groups is 1. The molecular formula is C19H21N5O2S. The minimum atomic E-state index is -0.0775. The summed E-state index contributed by atoms with van der Waals surface area (Å²) in [5.74, 6) is 0.951. The Hall–Kier alpha value is -2.87. The fourth-order valence-electron chi connectivity index (χ4n) is 2.51. The topological polar surface area (TPSA) is 81.9 Å². The Morgan fingerprint density at radius 1 is 1.19 bits per heavy atom. The van der Waals surface area contributed by atoms with E-state index in [0.717, 1.165) is 28.1 Å². The molecule has 2 aromatic carbocycles. The van der Waals surface area contributed by atoms with Gasteiger partial charge in [-0.25, -0.2) is 0 Å². The number of hydrogen-bond donors (Lipinski definition) is 1. The molecule has 0 fully saturated rings. The second-order valence-corrected chi connectivity index (χ2v) is 6.95. The highest BCUT2D eigenvalue weighted by Gasteiger charge is 2.13. The molecule has 0 atom stereocenters. The first-order valence-corrected chi connectivity index (χ1v) is 9.44. The fraction of sp³-hybridized carbons (Fsp3) is 0.263. The van der Waals surface area contributed by atoms with Gasteiger partial charge in [-0.05, 0) is 59.2 Å². The van der Waals surface area contributed by atoms with Crippen LogP contribution in [0.4, 0.5) is 0 Å². The molecular weight excluding hydrogens is 362 g/mol. The van der Waals surface area contributed by atoms with Gasteiger partial charge in [0, 0.05) is 6.54 Å². The highest BCUT2D eigenvalue weighted by atomic mass is 32.2. The van der Waals surface area contributed by atoms with Crippen molar-refractivity contribution in [2.45, 2.75) is 25.5 Å². The number of aryl methyl sites for hydroxylation is 1. The quantitative estimate of drug-likeness (QED) is 0.632. The summed E-state index contributed by atoms with van der Waals surface area (Å²) in [5, 5.41) is 15.4. The van der Waals surface area contributed by atoms with Gasteiger partial charge in [-0.1, -0.05) is 36.0 Å². The normalized spacial score (nSPS) is 10.6. The Morgan fingerprint density at radius 3 is 2.70 bits per heavy atom. The van der Waals surface area contributed by atoms with Crippen molar-refractivity contribution in [3.05, 3.63) is 59.2 Å². The monoisotopic (exact) mass is 383 g/mol. The van der Waals surface area contributed by atoms with E-state index in [1.54, 1.807) is 11.8 Å². The first-order valence-electron chi connectivity index (χ1n) is 8.46. The van der Waals surface area contributed by atoms with E-state index in [0.29, 0.717) is 11.7 Å². The van der Waals surface area contributed by atoms with Gasteiger partial charge in [-0.2, -0.15) is 4.68 Å². The Bertz CT molecular complexity index is 924. The largest absolute Gasteiger partial charge is 0.497 e. The van der Waals surface area contributed by atoms with Crippen molar-refractivity contribution in [1.29, 1.82) is 0 Å². The predicted molar refractivity (Wildman–Crippen MR) is 104 cm³/mol. The maximum atomic E-state index is 12.2. The summed E-state index contributed by atoms with van der Waals surface area (Å²) < 4.78 is 6.80. The van der Waals surface area contributed by atoms with Crippen molar-refractivity contribution < 1.29 is 9.53 Å². The van der Waals surface area contributed by atoms with Crippen LogP contribution in [0.15, 0.2) is 47.6 Å². The van der Waals surface area contributed by atoms with Crippen LogP contribution in [0.2, 0.25) is 0 Å². The minimum Gasteiger partial charge on any atom is -0.497 e. The second kappa shape index (κ2) is 8.68. The average Bonchev–Trinajstić information content (AvgIpc) is 3.15. The van der Waals surface area contributed by atoms with Gasteiger partial charge in [0.2, 0.25) is 11.1 Å². The minimum absolute atomic E-state index is 0.0775. The SMILES string of the molecule is COc1ccc(CNC(=O)CSc2nnnn2-c2cccc(C)c2C)cc1. The first-order chi connectivity index (χ1) is 13.1. The summed E-state index contributed by atoms with van der Waals surface area (Å²) in [5.41, 5.74) is 4.20. The lowest BCUT2D eigenvalue weighted by atomic mass is 10.1. The number of hydrogen-bond acceptors (Lipinski definition) is 6. The third kappa shape index (κ3) is 4.65. The number of nitrogens with zero attached hydrogens (tertiary/aromatic N) is 4. The average molecular weight is 383 g/mol. The lowest BCUT2D eigenvalue weighted by Gasteiger charge is -2.09. The molecule has 3 rings (SSSR count). The van der Waals surface area contributed by atoms with Gasteiger partial charge in [0.1, 0.15) is 5.75 Å². The number of aromatic nitrogens is 4. The standard InChI is InChI=1S/C19H21N5O2S/c1-13-5-4-6-17(14(13)2)24-19(21-22-23-24)27-12-18(25)20-11-15-7-9-16(26-3)10-8-15/h4-10H,11-12H2,1-3H3,(H,20,25). The third-order valence-electron chi connectivity index (χ3n) is 4.23.